The van der Waals surface area contributed by atoms with Gasteiger partial charge in [0.25, 0.3) is 0 Å². The number of nitrogens with zero attached hydrogens (tertiary/aromatic N) is 1. The Balaban J connectivity index is 2.80. The summed E-state index contributed by atoms with van der Waals surface area (Å²) in [7, 11) is 0. The first-order valence-electron chi connectivity index (χ1n) is 5.54. The summed E-state index contributed by atoms with van der Waals surface area (Å²) in [6.45, 7) is 6.84. The highest BCUT2D eigenvalue weighted by Gasteiger charge is 2.14. The highest BCUT2D eigenvalue weighted by Crippen LogP contribution is 2.16. The van der Waals surface area contributed by atoms with E-state index in [1.165, 1.54) is 0 Å². The molecule has 2 N–H and O–H groups in total. The first-order chi connectivity index (χ1) is 7.91. The standard InChI is InChI=1S/C12H17FN2O2/c1-7(2)8(3)5-14-11-10(12(16)17)4-9(13)6-15-11/h4,6-8H,5H2,1-3H3,(H,14,15)(H,16,17). The number of anilines is 1. The van der Waals surface area contributed by atoms with Gasteiger partial charge in [0.15, 0.2) is 0 Å². The fourth-order valence-corrected chi connectivity index (χ4v) is 1.24. The van der Waals surface area contributed by atoms with Gasteiger partial charge in [-0.25, -0.2) is 14.2 Å². The molecular formula is C12H17FN2O2. The molecule has 17 heavy (non-hydrogen) atoms. The minimum atomic E-state index is -1.18. The molecule has 0 aliphatic carbocycles. The molecule has 0 radical (unpaired) electrons. The molecule has 1 heterocycles. The van der Waals surface area contributed by atoms with E-state index in [1.807, 2.05) is 0 Å². The Labute approximate surface area is 99.9 Å². The Morgan fingerprint density at radius 1 is 1.53 bits per heavy atom. The van der Waals surface area contributed by atoms with Crippen LogP contribution in [0, 0.1) is 17.7 Å². The van der Waals surface area contributed by atoms with Gasteiger partial charge in [-0.3, -0.25) is 0 Å². The van der Waals surface area contributed by atoms with Gasteiger partial charge in [-0.05, 0) is 17.9 Å². The number of halogens is 1. The fourth-order valence-electron chi connectivity index (χ4n) is 1.24. The molecule has 0 bridgehead atoms. The lowest BCUT2D eigenvalue weighted by molar-refractivity contribution is 0.0697. The van der Waals surface area contributed by atoms with Gasteiger partial charge in [-0.1, -0.05) is 20.8 Å². The normalized spacial score (nSPS) is 12.5. The van der Waals surface area contributed by atoms with Crippen molar-refractivity contribution in [2.24, 2.45) is 11.8 Å². The number of carbonyl (C=O) groups is 1. The molecule has 0 saturated heterocycles. The molecule has 5 heteroatoms. The van der Waals surface area contributed by atoms with Crippen LogP contribution in [0.1, 0.15) is 31.1 Å². The molecule has 0 aliphatic rings. The van der Waals surface area contributed by atoms with Crippen LogP contribution in [0.15, 0.2) is 12.3 Å². The van der Waals surface area contributed by atoms with Crippen LogP contribution in [0.25, 0.3) is 0 Å². The number of nitrogens with one attached hydrogen (secondary N) is 1. The predicted octanol–water partition coefficient (Wildman–Crippen LogP) is 2.62. The summed E-state index contributed by atoms with van der Waals surface area (Å²) in [5.41, 5.74) is -0.138. The average Bonchev–Trinajstić information content (AvgIpc) is 2.26. The van der Waals surface area contributed by atoms with Crippen LogP contribution >= 0.6 is 0 Å². The van der Waals surface area contributed by atoms with E-state index in [1.54, 1.807) is 0 Å². The van der Waals surface area contributed by atoms with Gasteiger partial charge in [-0.15, -0.1) is 0 Å². The summed E-state index contributed by atoms with van der Waals surface area (Å²) in [4.78, 5) is 14.7. The lowest BCUT2D eigenvalue weighted by Crippen LogP contribution is -2.18. The summed E-state index contributed by atoms with van der Waals surface area (Å²) >= 11 is 0. The zero-order chi connectivity index (χ0) is 13.0. The molecule has 0 aliphatic heterocycles. The second-order valence-corrected chi connectivity index (χ2v) is 4.46. The lowest BCUT2D eigenvalue weighted by Gasteiger charge is -2.17. The summed E-state index contributed by atoms with van der Waals surface area (Å²) in [6.07, 6.45) is 1.01. The first-order valence-corrected chi connectivity index (χ1v) is 5.54. The zero-order valence-electron chi connectivity index (χ0n) is 10.2. The minimum Gasteiger partial charge on any atom is -0.478 e. The van der Waals surface area contributed by atoms with Crippen molar-refractivity contribution >= 4 is 11.8 Å². The molecule has 0 spiro atoms. The molecule has 1 rings (SSSR count). The Bertz CT molecular complexity index is 407. The smallest absolute Gasteiger partial charge is 0.339 e. The molecule has 94 valence electrons. The number of aromatic carboxylic acids is 1. The monoisotopic (exact) mass is 240 g/mol. The highest BCUT2D eigenvalue weighted by molar-refractivity contribution is 5.93. The number of aromatic nitrogens is 1. The van der Waals surface area contributed by atoms with Crippen LogP contribution in [0.3, 0.4) is 0 Å². The number of rotatable bonds is 5. The highest BCUT2D eigenvalue weighted by atomic mass is 19.1. The molecule has 4 nitrogen and oxygen atoms in total. The maximum atomic E-state index is 12.9. The van der Waals surface area contributed by atoms with Crippen LogP contribution in [-0.2, 0) is 0 Å². The largest absolute Gasteiger partial charge is 0.478 e. The first kappa shape index (κ1) is 13.4. The second kappa shape index (κ2) is 5.61. The Morgan fingerprint density at radius 3 is 2.71 bits per heavy atom. The van der Waals surface area contributed by atoms with E-state index in [9.17, 15) is 9.18 Å². The molecule has 0 fully saturated rings. The van der Waals surface area contributed by atoms with Crippen molar-refractivity contribution in [1.29, 1.82) is 0 Å². The Hall–Kier alpha value is -1.65. The van der Waals surface area contributed by atoms with E-state index in [4.69, 9.17) is 5.11 Å². The van der Waals surface area contributed by atoms with Gasteiger partial charge >= 0.3 is 5.97 Å². The van der Waals surface area contributed by atoms with Crippen LogP contribution < -0.4 is 5.32 Å². The van der Waals surface area contributed by atoms with Gasteiger partial charge in [0.05, 0.1) is 6.20 Å². The maximum absolute atomic E-state index is 12.9. The summed E-state index contributed by atoms with van der Waals surface area (Å²) < 4.78 is 12.9. The topological polar surface area (TPSA) is 62.2 Å². The van der Waals surface area contributed by atoms with E-state index in [2.05, 4.69) is 31.1 Å². The van der Waals surface area contributed by atoms with E-state index in [-0.39, 0.29) is 11.4 Å². The van der Waals surface area contributed by atoms with Crippen molar-refractivity contribution in [2.75, 3.05) is 11.9 Å². The number of carboxylic acids is 1. The molecule has 1 unspecified atom stereocenters. The van der Waals surface area contributed by atoms with Crippen LogP contribution in [0.4, 0.5) is 10.2 Å². The number of hydrogen-bond acceptors (Lipinski definition) is 3. The van der Waals surface area contributed by atoms with Gasteiger partial charge in [0.2, 0.25) is 0 Å². The second-order valence-electron chi connectivity index (χ2n) is 4.46. The van der Waals surface area contributed by atoms with Crippen molar-refractivity contribution < 1.29 is 14.3 Å². The molecule has 1 aromatic heterocycles. The quantitative estimate of drug-likeness (QED) is 0.830. The summed E-state index contributed by atoms with van der Waals surface area (Å²) in [5.74, 6) is -0.757. The number of pyridine rings is 1. The predicted molar refractivity (Wildman–Crippen MR) is 63.6 cm³/mol. The van der Waals surface area contributed by atoms with Crippen molar-refractivity contribution in [3.8, 4) is 0 Å². The molecular weight excluding hydrogens is 223 g/mol. The third-order valence-corrected chi connectivity index (χ3v) is 2.81. The molecule has 0 aromatic carbocycles. The van der Waals surface area contributed by atoms with Crippen LogP contribution in [0.5, 0.6) is 0 Å². The molecule has 0 saturated carbocycles. The zero-order valence-corrected chi connectivity index (χ0v) is 10.2. The van der Waals surface area contributed by atoms with Gasteiger partial charge in [-0.2, -0.15) is 0 Å². The summed E-state index contributed by atoms with van der Waals surface area (Å²) in [6, 6.07) is 0.970. The third-order valence-electron chi connectivity index (χ3n) is 2.81. The van der Waals surface area contributed by atoms with Crippen LogP contribution in [-0.4, -0.2) is 22.6 Å². The average molecular weight is 240 g/mol. The van der Waals surface area contributed by atoms with Crippen LogP contribution in [0.2, 0.25) is 0 Å². The SMILES string of the molecule is CC(C)C(C)CNc1ncc(F)cc1C(=O)O. The maximum Gasteiger partial charge on any atom is 0.339 e. The van der Waals surface area contributed by atoms with E-state index in [0.717, 1.165) is 12.3 Å². The van der Waals surface area contributed by atoms with E-state index >= 15 is 0 Å². The minimum absolute atomic E-state index is 0.138. The Kier molecular flexibility index (Phi) is 4.43. The van der Waals surface area contributed by atoms with Crippen molar-refractivity contribution in [1.82, 2.24) is 4.98 Å². The number of hydrogen-bond donors (Lipinski definition) is 2. The van der Waals surface area contributed by atoms with Gasteiger partial charge < -0.3 is 10.4 Å². The van der Waals surface area contributed by atoms with Crippen molar-refractivity contribution in [3.63, 3.8) is 0 Å². The summed E-state index contributed by atoms with van der Waals surface area (Å²) in [5, 5.41) is 11.9. The van der Waals surface area contributed by atoms with Gasteiger partial charge in [0, 0.05) is 6.54 Å². The van der Waals surface area contributed by atoms with Crippen molar-refractivity contribution in [2.45, 2.75) is 20.8 Å². The number of carboxylic acid groups (broad SMARTS) is 1. The lowest BCUT2D eigenvalue weighted by atomic mass is 9.98. The van der Waals surface area contributed by atoms with Gasteiger partial charge in [0.1, 0.15) is 17.2 Å². The molecule has 1 atom stereocenters. The van der Waals surface area contributed by atoms with Crippen molar-refractivity contribution in [3.05, 3.63) is 23.6 Å². The van der Waals surface area contributed by atoms with E-state index < -0.39 is 11.8 Å². The third kappa shape index (κ3) is 3.69. The fraction of sp³-hybridized carbons (Fsp3) is 0.500. The Morgan fingerprint density at radius 2 is 2.18 bits per heavy atom. The van der Waals surface area contributed by atoms with E-state index in [0.29, 0.717) is 18.4 Å². The molecule has 1 aromatic rings. The molecule has 0 amide bonds.